The summed E-state index contributed by atoms with van der Waals surface area (Å²) in [5.41, 5.74) is 5.61. The molecule has 1 saturated carbocycles. The SMILES string of the molecule is CC(=O)N[C@@H]1C[C@H](N)CC[C@@H]1N1CCC(Nc2ncnc3ccc(C(F)(F)F)cc23)C1=O. The second-order valence-corrected chi connectivity index (χ2v) is 8.42. The highest BCUT2D eigenvalue weighted by Crippen LogP contribution is 2.33. The number of likely N-dealkylation sites (tertiary alicyclic amines) is 1. The fraction of sp³-hybridized carbons (Fsp3) is 0.524. The maximum Gasteiger partial charge on any atom is 0.416 e. The van der Waals surface area contributed by atoms with Gasteiger partial charge in [-0.05, 0) is 43.9 Å². The molecule has 1 aromatic heterocycles. The van der Waals surface area contributed by atoms with E-state index in [9.17, 15) is 22.8 Å². The number of hydrogen-bond acceptors (Lipinski definition) is 6. The van der Waals surface area contributed by atoms with Gasteiger partial charge in [-0.15, -0.1) is 0 Å². The van der Waals surface area contributed by atoms with Crippen molar-refractivity contribution in [3.63, 3.8) is 0 Å². The smallest absolute Gasteiger partial charge is 0.358 e. The molecule has 4 N–H and O–H groups in total. The molecular weight excluding hydrogens is 425 g/mol. The van der Waals surface area contributed by atoms with Crippen LogP contribution < -0.4 is 16.4 Å². The summed E-state index contributed by atoms with van der Waals surface area (Å²) in [5.74, 6) is -0.159. The Morgan fingerprint density at radius 3 is 2.72 bits per heavy atom. The van der Waals surface area contributed by atoms with Gasteiger partial charge in [-0.3, -0.25) is 9.59 Å². The molecule has 2 fully saturated rings. The van der Waals surface area contributed by atoms with Gasteiger partial charge >= 0.3 is 6.18 Å². The van der Waals surface area contributed by atoms with Crippen LogP contribution in [0.5, 0.6) is 0 Å². The number of benzene rings is 1. The summed E-state index contributed by atoms with van der Waals surface area (Å²) in [6.45, 7) is 1.91. The summed E-state index contributed by atoms with van der Waals surface area (Å²) >= 11 is 0. The van der Waals surface area contributed by atoms with E-state index in [-0.39, 0.29) is 41.1 Å². The lowest BCUT2D eigenvalue weighted by molar-refractivity contribution is -0.137. The van der Waals surface area contributed by atoms with Crippen molar-refractivity contribution in [2.75, 3.05) is 11.9 Å². The van der Waals surface area contributed by atoms with E-state index >= 15 is 0 Å². The van der Waals surface area contributed by atoms with E-state index in [1.165, 1.54) is 19.3 Å². The van der Waals surface area contributed by atoms with Gasteiger partial charge in [0.2, 0.25) is 11.8 Å². The highest BCUT2D eigenvalue weighted by atomic mass is 19.4. The largest absolute Gasteiger partial charge is 0.416 e. The number of anilines is 1. The lowest BCUT2D eigenvalue weighted by Crippen LogP contribution is -2.57. The Labute approximate surface area is 182 Å². The molecule has 8 nitrogen and oxygen atoms in total. The fourth-order valence-corrected chi connectivity index (χ4v) is 4.65. The van der Waals surface area contributed by atoms with Gasteiger partial charge in [0.25, 0.3) is 0 Å². The summed E-state index contributed by atoms with van der Waals surface area (Å²) in [6.07, 6.45) is -0.761. The van der Waals surface area contributed by atoms with Crippen molar-refractivity contribution in [1.82, 2.24) is 20.2 Å². The summed E-state index contributed by atoms with van der Waals surface area (Å²) in [4.78, 5) is 34.7. The Morgan fingerprint density at radius 2 is 2.00 bits per heavy atom. The minimum absolute atomic E-state index is 0.0371. The molecule has 11 heteroatoms. The molecule has 2 aliphatic rings. The molecule has 1 aliphatic carbocycles. The number of alkyl halides is 3. The highest BCUT2D eigenvalue weighted by Gasteiger charge is 2.41. The van der Waals surface area contributed by atoms with Gasteiger partial charge in [0.15, 0.2) is 0 Å². The number of aromatic nitrogens is 2. The van der Waals surface area contributed by atoms with E-state index in [1.807, 2.05) is 0 Å². The van der Waals surface area contributed by atoms with Crippen LogP contribution in [0, 0.1) is 0 Å². The maximum atomic E-state index is 13.2. The topological polar surface area (TPSA) is 113 Å². The Morgan fingerprint density at radius 1 is 1.22 bits per heavy atom. The van der Waals surface area contributed by atoms with Crippen molar-refractivity contribution < 1.29 is 22.8 Å². The van der Waals surface area contributed by atoms with Crippen molar-refractivity contribution in [3.8, 4) is 0 Å². The Hall–Kier alpha value is -2.95. The van der Waals surface area contributed by atoms with Crippen molar-refractivity contribution >= 4 is 28.5 Å². The van der Waals surface area contributed by atoms with Crippen molar-refractivity contribution in [2.45, 2.75) is 63.0 Å². The lowest BCUT2D eigenvalue weighted by Gasteiger charge is -2.40. The summed E-state index contributed by atoms with van der Waals surface area (Å²) in [6, 6.07) is 2.19. The molecule has 0 radical (unpaired) electrons. The second-order valence-electron chi connectivity index (χ2n) is 8.42. The number of nitrogens with zero attached hydrogens (tertiary/aromatic N) is 3. The summed E-state index contributed by atoms with van der Waals surface area (Å²) < 4.78 is 39.5. The molecule has 2 amide bonds. The zero-order valence-corrected chi connectivity index (χ0v) is 17.5. The van der Waals surface area contributed by atoms with Gasteiger partial charge in [0.05, 0.1) is 23.2 Å². The molecule has 4 rings (SSSR count). The van der Waals surface area contributed by atoms with E-state index in [0.29, 0.717) is 31.3 Å². The number of nitrogens with two attached hydrogens (primary N) is 1. The quantitative estimate of drug-likeness (QED) is 0.657. The normalized spacial score (nSPS) is 26.4. The molecule has 0 spiro atoms. The van der Waals surface area contributed by atoms with Crippen molar-refractivity contribution in [2.24, 2.45) is 5.73 Å². The summed E-state index contributed by atoms with van der Waals surface area (Å²) in [5, 5.41) is 6.13. The number of amides is 2. The molecule has 1 saturated heterocycles. The maximum absolute atomic E-state index is 13.2. The van der Waals surface area contributed by atoms with Crippen molar-refractivity contribution in [3.05, 3.63) is 30.1 Å². The van der Waals surface area contributed by atoms with Crippen LogP contribution in [0.2, 0.25) is 0 Å². The molecule has 2 heterocycles. The number of carbonyl (C=O) groups is 2. The van der Waals surface area contributed by atoms with Crippen LogP contribution in [0.25, 0.3) is 10.9 Å². The second kappa shape index (κ2) is 8.53. The first-order valence-electron chi connectivity index (χ1n) is 10.5. The first-order chi connectivity index (χ1) is 15.1. The van der Waals surface area contributed by atoms with Crippen LogP contribution in [-0.2, 0) is 15.8 Å². The number of hydrogen-bond donors (Lipinski definition) is 3. The van der Waals surface area contributed by atoms with E-state index in [4.69, 9.17) is 5.73 Å². The summed E-state index contributed by atoms with van der Waals surface area (Å²) in [7, 11) is 0. The molecule has 4 atom stereocenters. The monoisotopic (exact) mass is 450 g/mol. The number of fused-ring (bicyclic) bond motifs is 1. The first kappa shape index (κ1) is 22.3. The van der Waals surface area contributed by atoms with Crippen LogP contribution in [0.4, 0.5) is 19.0 Å². The Kier molecular flexibility index (Phi) is 5.93. The third-order valence-electron chi connectivity index (χ3n) is 6.16. The fourth-order valence-electron chi connectivity index (χ4n) is 4.65. The number of carbonyl (C=O) groups excluding carboxylic acids is 2. The molecule has 0 bridgehead atoms. The third-order valence-corrected chi connectivity index (χ3v) is 6.16. The molecule has 2 aromatic rings. The van der Waals surface area contributed by atoms with E-state index in [0.717, 1.165) is 18.6 Å². The van der Waals surface area contributed by atoms with E-state index in [1.54, 1.807) is 4.90 Å². The van der Waals surface area contributed by atoms with Gasteiger partial charge < -0.3 is 21.3 Å². The average Bonchev–Trinajstić information content (AvgIpc) is 3.07. The minimum Gasteiger partial charge on any atom is -0.358 e. The molecule has 32 heavy (non-hydrogen) atoms. The molecule has 1 aliphatic heterocycles. The minimum atomic E-state index is -4.50. The predicted octanol–water partition coefficient (Wildman–Crippen LogP) is 2.05. The predicted molar refractivity (Wildman–Crippen MR) is 111 cm³/mol. The van der Waals surface area contributed by atoms with Gasteiger partial charge in [-0.1, -0.05) is 0 Å². The average molecular weight is 450 g/mol. The number of rotatable bonds is 4. The van der Waals surface area contributed by atoms with Crippen LogP contribution in [0.15, 0.2) is 24.5 Å². The Balaban J connectivity index is 1.55. The number of halogens is 3. The molecule has 1 unspecified atom stereocenters. The van der Waals surface area contributed by atoms with Crippen LogP contribution in [-0.4, -0.2) is 57.4 Å². The van der Waals surface area contributed by atoms with Gasteiger partial charge in [0, 0.05) is 24.9 Å². The zero-order chi connectivity index (χ0) is 23.0. The Bertz CT molecular complexity index is 1030. The zero-order valence-electron chi connectivity index (χ0n) is 17.5. The van der Waals surface area contributed by atoms with Gasteiger partial charge in [-0.25, -0.2) is 9.97 Å². The molecular formula is C21H25F3N6O2. The molecule has 172 valence electrons. The molecule has 1 aromatic carbocycles. The van der Waals surface area contributed by atoms with E-state index in [2.05, 4.69) is 20.6 Å². The first-order valence-corrected chi connectivity index (χ1v) is 10.5. The standard InChI is InChI=1S/C21H25F3N6O2/c1-11(31)28-17-9-13(25)3-5-18(17)30-7-6-16(20(30)32)29-19-14-8-12(21(22,23)24)2-4-15(14)26-10-27-19/h2,4,8,10,13,16-18H,3,5-7,9,25H2,1H3,(H,28,31)(H,26,27,29)/t13-,16?,17-,18+/m1/s1. The highest BCUT2D eigenvalue weighted by molar-refractivity contribution is 5.93. The van der Waals surface area contributed by atoms with E-state index < -0.39 is 17.8 Å². The van der Waals surface area contributed by atoms with Crippen LogP contribution in [0.1, 0.15) is 38.2 Å². The van der Waals surface area contributed by atoms with Crippen LogP contribution in [0.3, 0.4) is 0 Å². The third kappa shape index (κ3) is 4.47. The van der Waals surface area contributed by atoms with Gasteiger partial charge in [-0.2, -0.15) is 13.2 Å². The lowest BCUT2D eigenvalue weighted by atomic mass is 9.86. The number of nitrogens with one attached hydrogen (secondary N) is 2. The van der Waals surface area contributed by atoms with Crippen molar-refractivity contribution in [1.29, 1.82) is 0 Å². The van der Waals surface area contributed by atoms with Gasteiger partial charge in [0.1, 0.15) is 18.2 Å². The van der Waals surface area contributed by atoms with Crippen LogP contribution >= 0.6 is 0 Å².